The molecule has 0 saturated heterocycles. The summed E-state index contributed by atoms with van der Waals surface area (Å²) in [4.78, 5) is 3.95. The lowest BCUT2D eigenvalue weighted by atomic mass is 10.6. The number of aliphatic imine (C=N–C) groups is 1. The average Bonchev–Trinajstić information content (AvgIpc) is 1.82. The van der Waals surface area contributed by atoms with Gasteiger partial charge in [-0.05, 0) is 19.1 Å². The lowest BCUT2D eigenvalue weighted by Gasteiger charge is -2.03. The van der Waals surface area contributed by atoms with Crippen molar-refractivity contribution in [3.8, 4) is 0 Å². The Morgan fingerprint density at radius 2 is 2.20 bits per heavy atom. The van der Waals surface area contributed by atoms with E-state index in [1.54, 1.807) is 11.8 Å². The molecule has 0 amide bonds. The molecule has 0 aromatic heterocycles. The highest BCUT2D eigenvalue weighted by Crippen LogP contribution is 2.11. The van der Waals surface area contributed by atoms with Crippen LogP contribution in [0.4, 0.5) is 0 Å². The van der Waals surface area contributed by atoms with Crippen LogP contribution in [-0.2, 0) is 0 Å². The SMILES string of the molecule is CCCSC(C)N=C(N)N. The van der Waals surface area contributed by atoms with E-state index in [1.807, 2.05) is 6.92 Å². The van der Waals surface area contributed by atoms with Crippen molar-refractivity contribution in [3.63, 3.8) is 0 Å². The monoisotopic (exact) mass is 161 g/mol. The van der Waals surface area contributed by atoms with Crippen LogP contribution in [0, 0.1) is 0 Å². The minimum atomic E-state index is 0.177. The molecule has 0 aliphatic heterocycles. The zero-order valence-electron chi connectivity index (χ0n) is 6.50. The maximum absolute atomic E-state index is 5.18. The largest absolute Gasteiger partial charge is 0.370 e. The second-order valence-electron chi connectivity index (χ2n) is 2.02. The fraction of sp³-hybridized carbons (Fsp3) is 0.833. The molecule has 0 spiro atoms. The topological polar surface area (TPSA) is 64.4 Å². The van der Waals surface area contributed by atoms with Gasteiger partial charge in [-0.1, -0.05) is 6.92 Å². The molecule has 1 atom stereocenters. The summed E-state index contributed by atoms with van der Waals surface area (Å²) in [5.41, 5.74) is 10.4. The van der Waals surface area contributed by atoms with Crippen LogP contribution in [0.15, 0.2) is 4.99 Å². The van der Waals surface area contributed by atoms with E-state index in [4.69, 9.17) is 11.5 Å². The first-order valence-corrected chi connectivity index (χ1v) is 4.42. The standard InChI is InChI=1S/C6H15N3S/c1-3-4-10-5(2)9-6(7)8/h5H,3-4H2,1-2H3,(H4,7,8,9). The van der Waals surface area contributed by atoms with E-state index in [-0.39, 0.29) is 11.3 Å². The van der Waals surface area contributed by atoms with Gasteiger partial charge in [-0.25, -0.2) is 4.99 Å². The summed E-state index contributed by atoms with van der Waals surface area (Å²) in [7, 11) is 0. The molecule has 60 valence electrons. The van der Waals surface area contributed by atoms with Crippen molar-refractivity contribution in [3.05, 3.63) is 0 Å². The van der Waals surface area contributed by atoms with E-state index in [2.05, 4.69) is 11.9 Å². The molecular formula is C6H15N3S. The Morgan fingerprint density at radius 1 is 1.60 bits per heavy atom. The molecule has 0 fully saturated rings. The molecule has 4 heteroatoms. The van der Waals surface area contributed by atoms with Crippen molar-refractivity contribution in [2.75, 3.05) is 5.75 Å². The predicted octanol–water partition coefficient (Wildman–Crippen LogP) is 0.749. The van der Waals surface area contributed by atoms with Crippen molar-refractivity contribution in [1.29, 1.82) is 0 Å². The molecule has 0 aliphatic rings. The van der Waals surface area contributed by atoms with Crippen LogP contribution in [0.5, 0.6) is 0 Å². The van der Waals surface area contributed by atoms with Crippen molar-refractivity contribution in [2.45, 2.75) is 25.6 Å². The first-order valence-electron chi connectivity index (χ1n) is 3.37. The molecule has 1 unspecified atom stereocenters. The highest BCUT2D eigenvalue weighted by Gasteiger charge is 1.96. The van der Waals surface area contributed by atoms with E-state index in [0.717, 1.165) is 12.2 Å². The lowest BCUT2D eigenvalue weighted by molar-refractivity contribution is 1.01. The van der Waals surface area contributed by atoms with Gasteiger partial charge in [0.15, 0.2) is 5.96 Å². The summed E-state index contributed by atoms with van der Waals surface area (Å²) in [6, 6.07) is 0. The molecule has 0 saturated carbocycles. The van der Waals surface area contributed by atoms with Gasteiger partial charge in [-0.2, -0.15) is 0 Å². The molecule has 0 aromatic rings. The van der Waals surface area contributed by atoms with Crippen LogP contribution < -0.4 is 11.5 Å². The summed E-state index contributed by atoms with van der Waals surface area (Å²) >= 11 is 1.76. The van der Waals surface area contributed by atoms with Crippen LogP contribution in [0.25, 0.3) is 0 Å². The zero-order valence-corrected chi connectivity index (χ0v) is 7.32. The van der Waals surface area contributed by atoms with Gasteiger partial charge in [0.2, 0.25) is 0 Å². The zero-order chi connectivity index (χ0) is 7.98. The number of rotatable bonds is 4. The lowest BCUT2D eigenvalue weighted by Crippen LogP contribution is -2.24. The van der Waals surface area contributed by atoms with Gasteiger partial charge < -0.3 is 11.5 Å². The van der Waals surface area contributed by atoms with E-state index in [0.29, 0.717) is 0 Å². The van der Waals surface area contributed by atoms with Gasteiger partial charge in [0, 0.05) is 0 Å². The van der Waals surface area contributed by atoms with Crippen molar-refractivity contribution in [1.82, 2.24) is 0 Å². The van der Waals surface area contributed by atoms with Gasteiger partial charge in [0.1, 0.15) is 0 Å². The minimum absolute atomic E-state index is 0.177. The number of nitrogens with two attached hydrogens (primary N) is 2. The molecular weight excluding hydrogens is 146 g/mol. The number of guanidine groups is 1. The van der Waals surface area contributed by atoms with Gasteiger partial charge in [-0.15, -0.1) is 11.8 Å². The highest BCUT2D eigenvalue weighted by molar-refractivity contribution is 7.99. The van der Waals surface area contributed by atoms with Crippen LogP contribution in [0.1, 0.15) is 20.3 Å². The van der Waals surface area contributed by atoms with Crippen LogP contribution in [0.2, 0.25) is 0 Å². The van der Waals surface area contributed by atoms with Crippen LogP contribution in [-0.4, -0.2) is 17.1 Å². The van der Waals surface area contributed by atoms with Crippen molar-refractivity contribution >= 4 is 17.7 Å². The summed E-state index contributed by atoms with van der Waals surface area (Å²) < 4.78 is 0. The molecule has 0 aliphatic carbocycles. The number of thioether (sulfide) groups is 1. The first kappa shape index (κ1) is 9.62. The van der Waals surface area contributed by atoms with Gasteiger partial charge in [-0.3, -0.25) is 0 Å². The number of hydrogen-bond acceptors (Lipinski definition) is 2. The molecule has 3 nitrogen and oxygen atoms in total. The quantitative estimate of drug-likeness (QED) is 0.472. The maximum atomic E-state index is 5.18. The predicted molar refractivity (Wildman–Crippen MR) is 48.0 cm³/mol. The van der Waals surface area contributed by atoms with E-state index < -0.39 is 0 Å². The maximum Gasteiger partial charge on any atom is 0.187 e. The Balaban J connectivity index is 3.43. The van der Waals surface area contributed by atoms with E-state index >= 15 is 0 Å². The molecule has 10 heavy (non-hydrogen) atoms. The van der Waals surface area contributed by atoms with Gasteiger partial charge in [0.05, 0.1) is 5.37 Å². The van der Waals surface area contributed by atoms with Crippen molar-refractivity contribution < 1.29 is 0 Å². The molecule has 0 radical (unpaired) electrons. The fourth-order valence-electron chi connectivity index (χ4n) is 0.536. The molecule has 0 aromatic carbocycles. The van der Waals surface area contributed by atoms with E-state index in [1.165, 1.54) is 0 Å². The summed E-state index contributed by atoms with van der Waals surface area (Å²) in [6.45, 7) is 4.12. The molecule has 0 bridgehead atoms. The Morgan fingerprint density at radius 3 is 2.60 bits per heavy atom. The smallest absolute Gasteiger partial charge is 0.187 e. The Hall–Kier alpha value is -0.380. The summed E-state index contributed by atoms with van der Waals surface area (Å²) in [6.07, 6.45) is 1.16. The highest BCUT2D eigenvalue weighted by atomic mass is 32.2. The Bertz CT molecular complexity index is 110. The minimum Gasteiger partial charge on any atom is -0.370 e. The summed E-state index contributed by atoms with van der Waals surface area (Å²) in [5.74, 6) is 1.29. The molecule has 0 heterocycles. The average molecular weight is 161 g/mol. The molecule has 4 N–H and O–H groups in total. The Labute approximate surface area is 66.3 Å². The number of hydrogen-bond donors (Lipinski definition) is 2. The second kappa shape index (κ2) is 5.41. The third kappa shape index (κ3) is 5.75. The summed E-state index contributed by atoms with van der Waals surface area (Å²) in [5, 5.41) is 0.199. The third-order valence-corrected chi connectivity index (χ3v) is 2.13. The first-order chi connectivity index (χ1) is 4.66. The van der Waals surface area contributed by atoms with Crippen molar-refractivity contribution in [2.24, 2.45) is 16.5 Å². The van der Waals surface area contributed by atoms with Crippen LogP contribution in [0.3, 0.4) is 0 Å². The normalized spacial score (nSPS) is 12.6. The van der Waals surface area contributed by atoms with E-state index in [9.17, 15) is 0 Å². The third-order valence-electron chi connectivity index (χ3n) is 0.894. The Kier molecular flexibility index (Phi) is 5.20. The number of nitrogens with zero attached hydrogens (tertiary/aromatic N) is 1. The van der Waals surface area contributed by atoms with Crippen LogP contribution >= 0.6 is 11.8 Å². The second-order valence-corrected chi connectivity index (χ2v) is 3.45. The fourth-order valence-corrected chi connectivity index (χ4v) is 1.31. The molecule has 0 rings (SSSR count). The van der Waals surface area contributed by atoms with Gasteiger partial charge >= 0.3 is 0 Å². The van der Waals surface area contributed by atoms with Gasteiger partial charge in [0.25, 0.3) is 0 Å².